The van der Waals surface area contributed by atoms with Crippen molar-refractivity contribution in [3.63, 3.8) is 0 Å². The number of aliphatic hydroxyl groups is 1. The van der Waals surface area contributed by atoms with Crippen LogP contribution in [0.15, 0.2) is 60.7 Å². The zero-order chi connectivity index (χ0) is 27.2. The minimum Gasteiger partial charge on any atom is -0.497 e. The number of rotatable bonds is 11. The van der Waals surface area contributed by atoms with Gasteiger partial charge in [-0.15, -0.1) is 0 Å². The minimum atomic E-state index is -0.611. The highest BCUT2D eigenvalue weighted by molar-refractivity contribution is 6.10. The van der Waals surface area contributed by atoms with E-state index in [0.717, 1.165) is 59.3 Å². The molecule has 0 spiro atoms. The Morgan fingerprint density at radius 1 is 0.949 bits per heavy atom. The van der Waals surface area contributed by atoms with E-state index in [-0.39, 0.29) is 12.5 Å². The summed E-state index contributed by atoms with van der Waals surface area (Å²) in [5.41, 5.74) is 2.98. The zero-order valence-corrected chi connectivity index (χ0v) is 22.5. The van der Waals surface area contributed by atoms with Crippen molar-refractivity contribution in [3.8, 4) is 17.2 Å². The summed E-state index contributed by atoms with van der Waals surface area (Å²) in [6.07, 6.45) is -0.611. The Labute approximate surface area is 228 Å². The highest BCUT2D eigenvalue weighted by atomic mass is 16.5. The number of β-amino-alcohol motifs (C(OH)–C–C–N with tert-alkyl or cyclic N) is 1. The number of fused-ring (bicyclic) bond motifs is 3. The van der Waals surface area contributed by atoms with Crippen LogP contribution in [0.5, 0.6) is 17.2 Å². The molecule has 1 fully saturated rings. The summed E-state index contributed by atoms with van der Waals surface area (Å²) in [5.74, 6) is 2.14. The number of H-pyrrole nitrogens is 1. The number of aliphatic hydroxyl groups excluding tert-OH is 1. The smallest absolute Gasteiger partial charge is 0.234 e. The first-order valence-electron chi connectivity index (χ1n) is 13.3. The van der Waals surface area contributed by atoms with Crippen LogP contribution in [0, 0.1) is 0 Å². The number of hydrogen-bond acceptors (Lipinski definition) is 7. The summed E-state index contributed by atoms with van der Waals surface area (Å²) in [6.45, 7) is 4.58. The van der Waals surface area contributed by atoms with E-state index >= 15 is 0 Å². The summed E-state index contributed by atoms with van der Waals surface area (Å²) in [6, 6.07) is 19.7. The number of methoxy groups -OCH3 is 2. The molecular weight excluding hydrogens is 496 g/mol. The molecule has 0 bridgehead atoms. The Bertz CT molecular complexity index is 1410. The summed E-state index contributed by atoms with van der Waals surface area (Å²) in [5, 5.41) is 15.8. The number of aromatic nitrogens is 1. The van der Waals surface area contributed by atoms with Crippen molar-refractivity contribution >= 4 is 27.7 Å². The number of hydrogen-bond donors (Lipinski definition) is 3. The summed E-state index contributed by atoms with van der Waals surface area (Å²) in [7, 11) is 3.21. The van der Waals surface area contributed by atoms with Gasteiger partial charge in [-0.1, -0.05) is 24.3 Å². The summed E-state index contributed by atoms with van der Waals surface area (Å²) in [4.78, 5) is 20.3. The van der Waals surface area contributed by atoms with E-state index in [4.69, 9.17) is 14.2 Å². The highest BCUT2D eigenvalue weighted by Crippen LogP contribution is 2.33. The molecule has 5 rings (SSSR count). The molecule has 0 saturated carbocycles. The van der Waals surface area contributed by atoms with Crippen molar-refractivity contribution in [1.82, 2.24) is 20.1 Å². The molecule has 3 N–H and O–H groups in total. The van der Waals surface area contributed by atoms with Crippen molar-refractivity contribution in [2.45, 2.75) is 12.6 Å². The zero-order valence-electron chi connectivity index (χ0n) is 22.5. The number of carbonyl (C=O) groups excluding carboxylic acids is 1. The van der Waals surface area contributed by atoms with Crippen LogP contribution in [0.1, 0.15) is 5.56 Å². The van der Waals surface area contributed by atoms with E-state index in [1.165, 1.54) is 0 Å². The lowest BCUT2D eigenvalue weighted by Gasteiger charge is -2.35. The average molecular weight is 533 g/mol. The first-order chi connectivity index (χ1) is 19.0. The predicted molar refractivity (Wildman–Crippen MR) is 152 cm³/mol. The van der Waals surface area contributed by atoms with E-state index < -0.39 is 6.10 Å². The Morgan fingerprint density at radius 3 is 2.51 bits per heavy atom. The molecule has 2 heterocycles. The second kappa shape index (κ2) is 12.4. The Morgan fingerprint density at radius 2 is 1.72 bits per heavy atom. The van der Waals surface area contributed by atoms with Crippen LogP contribution in [0.2, 0.25) is 0 Å². The summed E-state index contributed by atoms with van der Waals surface area (Å²) >= 11 is 0. The number of amides is 1. The van der Waals surface area contributed by atoms with Gasteiger partial charge in [0.2, 0.25) is 5.91 Å². The minimum absolute atomic E-state index is 0.0267. The number of ether oxygens (including phenoxy) is 3. The molecule has 1 amide bonds. The molecule has 4 aromatic rings. The first kappa shape index (κ1) is 26.8. The van der Waals surface area contributed by atoms with Gasteiger partial charge in [-0.3, -0.25) is 14.6 Å². The molecule has 3 aromatic carbocycles. The maximum atomic E-state index is 12.6. The van der Waals surface area contributed by atoms with E-state index in [1.54, 1.807) is 14.2 Å². The SMILES string of the molecule is COc1ccc(CNC(=O)CN2CCN(CC(O)COc3cccc4[nH]c5ccccc5c34)CC2)c(OC)c1. The van der Waals surface area contributed by atoms with Crippen LogP contribution >= 0.6 is 0 Å². The number of benzene rings is 3. The van der Waals surface area contributed by atoms with Gasteiger partial charge in [0.1, 0.15) is 30.0 Å². The number of piperazine rings is 1. The Kier molecular flexibility index (Phi) is 8.51. The maximum Gasteiger partial charge on any atom is 0.234 e. The first-order valence-corrected chi connectivity index (χ1v) is 13.3. The monoisotopic (exact) mass is 532 g/mol. The lowest BCUT2D eigenvalue weighted by Crippen LogP contribution is -2.51. The molecule has 1 unspecified atom stereocenters. The number of aromatic amines is 1. The van der Waals surface area contributed by atoms with E-state index in [1.807, 2.05) is 48.5 Å². The van der Waals surface area contributed by atoms with Gasteiger partial charge in [-0.25, -0.2) is 0 Å². The predicted octanol–water partition coefficient (Wildman–Crippen LogP) is 3.01. The number of nitrogens with zero attached hydrogens (tertiary/aromatic N) is 2. The second-order valence-corrected chi connectivity index (χ2v) is 9.85. The lowest BCUT2D eigenvalue weighted by molar-refractivity contribution is -0.122. The molecule has 0 aliphatic carbocycles. The normalized spacial score (nSPS) is 15.4. The molecule has 39 heavy (non-hydrogen) atoms. The highest BCUT2D eigenvalue weighted by Gasteiger charge is 2.21. The molecule has 1 aliphatic heterocycles. The third-order valence-corrected chi connectivity index (χ3v) is 7.19. The Balaban J connectivity index is 1.05. The van der Waals surface area contributed by atoms with Crippen LogP contribution < -0.4 is 19.5 Å². The van der Waals surface area contributed by atoms with Crippen molar-refractivity contribution < 1.29 is 24.1 Å². The molecule has 1 aliphatic rings. The fraction of sp³-hybridized carbons (Fsp3) is 0.367. The van der Waals surface area contributed by atoms with Crippen molar-refractivity contribution in [1.29, 1.82) is 0 Å². The Hall–Kier alpha value is -3.79. The van der Waals surface area contributed by atoms with Crippen LogP contribution in [-0.2, 0) is 11.3 Å². The van der Waals surface area contributed by atoms with Gasteiger partial charge in [0.25, 0.3) is 0 Å². The molecule has 9 nitrogen and oxygen atoms in total. The van der Waals surface area contributed by atoms with E-state index in [2.05, 4.69) is 32.2 Å². The third kappa shape index (κ3) is 6.44. The molecule has 0 radical (unpaired) electrons. The number of nitrogens with one attached hydrogen (secondary N) is 2. The third-order valence-electron chi connectivity index (χ3n) is 7.19. The van der Waals surface area contributed by atoms with Gasteiger partial charge in [-0.2, -0.15) is 0 Å². The van der Waals surface area contributed by atoms with Crippen LogP contribution in [0.4, 0.5) is 0 Å². The van der Waals surface area contributed by atoms with Crippen molar-refractivity contribution in [3.05, 3.63) is 66.2 Å². The quantitative estimate of drug-likeness (QED) is 0.273. The van der Waals surface area contributed by atoms with Gasteiger partial charge in [0.05, 0.1) is 26.3 Å². The molecule has 1 aromatic heterocycles. The van der Waals surface area contributed by atoms with Gasteiger partial charge in [0, 0.05) is 67.2 Å². The fourth-order valence-corrected chi connectivity index (χ4v) is 5.11. The summed E-state index contributed by atoms with van der Waals surface area (Å²) < 4.78 is 16.7. The van der Waals surface area contributed by atoms with E-state index in [0.29, 0.717) is 31.1 Å². The van der Waals surface area contributed by atoms with Gasteiger partial charge in [0.15, 0.2) is 0 Å². The van der Waals surface area contributed by atoms with Crippen LogP contribution in [0.3, 0.4) is 0 Å². The number of carbonyl (C=O) groups is 1. The van der Waals surface area contributed by atoms with Gasteiger partial charge >= 0.3 is 0 Å². The van der Waals surface area contributed by atoms with E-state index in [9.17, 15) is 9.90 Å². The standard InChI is InChI=1S/C30H36N4O5/c1-37-23-11-10-21(28(16-23)38-2)17-31-29(36)19-34-14-12-33(13-15-34)18-22(35)20-39-27-9-5-8-26-30(27)24-6-3-4-7-25(24)32-26/h3-11,16,22,32,35H,12-15,17-20H2,1-2H3,(H,31,36). The fourth-order valence-electron chi connectivity index (χ4n) is 5.11. The number of para-hydroxylation sites is 1. The van der Waals surface area contributed by atoms with Crippen LogP contribution in [0.25, 0.3) is 21.8 Å². The molecule has 9 heteroatoms. The molecule has 1 atom stereocenters. The van der Waals surface area contributed by atoms with Gasteiger partial charge in [-0.05, 0) is 30.3 Å². The lowest BCUT2D eigenvalue weighted by atomic mass is 10.1. The molecule has 206 valence electrons. The largest absolute Gasteiger partial charge is 0.497 e. The van der Waals surface area contributed by atoms with Crippen molar-refractivity contribution in [2.75, 3.05) is 60.1 Å². The van der Waals surface area contributed by atoms with Crippen LogP contribution in [-0.4, -0.2) is 92.0 Å². The maximum absolute atomic E-state index is 12.6. The van der Waals surface area contributed by atoms with Gasteiger partial charge < -0.3 is 29.6 Å². The second-order valence-electron chi connectivity index (χ2n) is 9.85. The topological polar surface area (TPSA) is 99.3 Å². The molecular formula is C30H36N4O5. The average Bonchev–Trinajstić information content (AvgIpc) is 3.35. The van der Waals surface area contributed by atoms with Crippen molar-refractivity contribution in [2.24, 2.45) is 0 Å². The molecule has 1 saturated heterocycles.